The molecule has 41 heavy (non-hydrogen) atoms. The Bertz CT molecular complexity index is 1110. The minimum atomic E-state index is -4.63. The summed E-state index contributed by atoms with van der Waals surface area (Å²) in [7, 11) is 0. The second kappa shape index (κ2) is 13.2. The number of ether oxygens (including phenoxy) is 1. The number of aliphatic hydroxyl groups is 1. The Kier molecular flexibility index (Phi) is 10.6. The van der Waals surface area contributed by atoms with Crippen LogP contribution >= 0.6 is 11.6 Å². The first kappa shape index (κ1) is 32.9. The molecule has 13 heteroatoms. The van der Waals surface area contributed by atoms with E-state index in [1.807, 2.05) is 0 Å². The summed E-state index contributed by atoms with van der Waals surface area (Å²) >= 11 is 5.91. The van der Waals surface area contributed by atoms with E-state index in [1.165, 1.54) is 6.07 Å². The Morgan fingerprint density at radius 1 is 1.17 bits per heavy atom. The van der Waals surface area contributed by atoms with Crippen molar-refractivity contribution in [3.8, 4) is 0 Å². The number of β-amino-alcohol motifs (C(OH)–C–C–N with tert-alkyl or cyclic N) is 1. The number of hydrogen-bond acceptors (Lipinski definition) is 7. The summed E-state index contributed by atoms with van der Waals surface area (Å²) in [6.07, 6.45) is -2.56. The lowest BCUT2D eigenvalue weighted by molar-refractivity contribution is -0.154. The predicted molar refractivity (Wildman–Crippen MR) is 147 cm³/mol. The lowest BCUT2D eigenvalue weighted by atomic mass is 9.90. The van der Waals surface area contributed by atoms with Crippen molar-refractivity contribution in [2.24, 2.45) is 5.41 Å². The third-order valence-electron chi connectivity index (χ3n) is 7.57. The number of aliphatic carboxylic acids is 1. The van der Waals surface area contributed by atoms with Crippen LogP contribution in [0.4, 0.5) is 18.9 Å². The number of benzene rings is 1. The minimum Gasteiger partial charge on any atom is -0.480 e. The average molecular weight is 606 g/mol. The quantitative estimate of drug-likeness (QED) is 0.305. The normalized spacial score (nSPS) is 19.1. The van der Waals surface area contributed by atoms with Crippen LogP contribution in [-0.4, -0.2) is 83.4 Å². The van der Waals surface area contributed by atoms with E-state index < -0.39 is 46.4 Å². The fourth-order valence-corrected chi connectivity index (χ4v) is 5.30. The number of hydrogen-bond donors (Lipinski definition) is 3. The van der Waals surface area contributed by atoms with Crippen LogP contribution < -0.4 is 10.2 Å². The van der Waals surface area contributed by atoms with Crippen molar-refractivity contribution in [2.45, 2.75) is 83.2 Å². The van der Waals surface area contributed by atoms with Gasteiger partial charge in [-0.15, -0.1) is 0 Å². The molecular formula is C28H39ClF3N3O6. The first-order valence-corrected chi connectivity index (χ1v) is 14.1. The Morgan fingerprint density at radius 3 is 2.39 bits per heavy atom. The first-order valence-electron chi connectivity index (χ1n) is 13.8. The molecule has 1 aliphatic carbocycles. The zero-order valence-electron chi connectivity index (χ0n) is 23.6. The molecule has 2 unspecified atom stereocenters. The van der Waals surface area contributed by atoms with Gasteiger partial charge < -0.3 is 30.1 Å². The van der Waals surface area contributed by atoms with Crippen LogP contribution in [0.25, 0.3) is 0 Å². The molecule has 230 valence electrons. The molecule has 1 saturated heterocycles. The molecule has 3 rings (SSSR count). The molecule has 9 nitrogen and oxygen atoms in total. The third kappa shape index (κ3) is 9.47. The van der Waals surface area contributed by atoms with Crippen molar-refractivity contribution in [2.75, 3.05) is 37.6 Å². The number of anilines is 1. The van der Waals surface area contributed by atoms with Gasteiger partial charge in [0.1, 0.15) is 11.6 Å². The van der Waals surface area contributed by atoms with E-state index in [2.05, 4.69) is 5.32 Å². The Morgan fingerprint density at radius 2 is 1.85 bits per heavy atom. The number of esters is 1. The van der Waals surface area contributed by atoms with Gasteiger partial charge in [-0.1, -0.05) is 11.6 Å². The number of carbonyl (C=O) groups excluding carboxylic acids is 2. The van der Waals surface area contributed by atoms with Gasteiger partial charge in [0, 0.05) is 44.8 Å². The van der Waals surface area contributed by atoms with Gasteiger partial charge >= 0.3 is 18.1 Å². The third-order valence-corrected chi connectivity index (χ3v) is 7.88. The molecule has 1 aromatic carbocycles. The van der Waals surface area contributed by atoms with Gasteiger partial charge in [0.15, 0.2) is 0 Å². The molecule has 2 fully saturated rings. The smallest absolute Gasteiger partial charge is 0.417 e. The second-order valence-electron chi connectivity index (χ2n) is 11.8. The van der Waals surface area contributed by atoms with E-state index in [1.54, 1.807) is 30.6 Å². The van der Waals surface area contributed by atoms with Gasteiger partial charge in [-0.3, -0.25) is 14.4 Å². The van der Waals surface area contributed by atoms with E-state index in [0.717, 1.165) is 31.4 Å². The maximum Gasteiger partial charge on any atom is 0.417 e. The van der Waals surface area contributed by atoms with Crippen molar-refractivity contribution >= 4 is 35.1 Å². The summed E-state index contributed by atoms with van der Waals surface area (Å²) < 4.78 is 44.9. The first-order chi connectivity index (χ1) is 19.0. The number of nitrogens with one attached hydrogen (secondary N) is 1. The fourth-order valence-electron chi connectivity index (χ4n) is 5.02. The fraction of sp³-hybridized carbons (Fsp3) is 0.679. The number of carboxylic acid groups (broad SMARTS) is 1. The zero-order valence-corrected chi connectivity index (χ0v) is 24.4. The van der Waals surface area contributed by atoms with Crippen LogP contribution in [0.5, 0.6) is 0 Å². The molecule has 1 heterocycles. The Balaban J connectivity index is 1.59. The SMILES string of the molecule is CC(C)(C)OC(=O)CCN(CCNC(CCC(=O)N1CCC2(CC2)C(O)C1)C(=O)O)c1ccc(C(F)(F)F)c(Cl)c1. The van der Waals surface area contributed by atoms with Gasteiger partial charge in [-0.2, -0.15) is 13.2 Å². The number of nitrogens with zero attached hydrogens (tertiary/aromatic N) is 2. The van der Waals surface area contributed by atoms with Crippen LogP contribution in [-0.2, 0) is 25.3 Å². The number of rotatable bonds is 12. The summed E-state index contributed by atoms with van der Waals surface area (Å²) in [5, 5.41) is 22.5. The molecule has 0 bridgehead atoms. The largest absolute Gasteiger partial charge is 0.480 e. The summed E-state index contributed by atoms with van der Waals surface area (Å²) in [4.78, 5) is 40.1. The Hall–Kier alpha value is -2.57. The van der Waals surface area contributed by atoms with E-state index in [-0.39, 0.29) is 56.8 Å². The number of amides is 1. The minimum absolute atomic E-state index is 0.0133. The van der Waals surface area contributed by atoms with E-state index in [0.29, 0.717) is 12.2 Å². The van der Waals surface area contributed by atoms with Crippen molar-refractivity contribution in [1.29, 1.82) is 0 Å². The summed E-state index contributed by atoms with van der Waals surface area (Å²) in [5.41, 5.74) is -1.42. The number of piperidine rings is 1. The highest BCUT2D eigenvalue weighted by Crippen LogP contribution is 2.53. The van der Waals surface area contributed by atoms with Crippen molar-refractivity contribution in [3.63, 3.8) is 0 Å². The van der Waals surface area contributed by atoms with Crippen LogP contribution in [0.2, 0.25) is 5.02 Å². The average Bonchev–Trinajstić information content (AvgIpc) is 3.63. The lowest BCUT2D eigenvalue weighted by Crippen LogP contribution is -2.48. The molecule has 1 spiro atoms. The summed E-state index contributed by atoms with van der Waals surface area (Å²) in [6.45, 7) is 6.29. The highest BCUT2D eigenvalue weighted by atomic mass is 35.5. The molecule has 1 aliphatic heterocycles. The standard InChI is InChI=1S/C28H39ClF3N3O6/c1-26(2,3)41-24(38)8-13-34(18-4-5-19(20(29)16-18)28(30,31)32)15-12-33-21(25(39)40)6-7-23(37)35-14-11-27(9-10-27)22(36)17-35/h4-5,16,21-22,33,36H,6-15,17H2,1-3H3,(H,39,40). The van der Waals surface area contributed by atoms with Crippen molar-refractivity contribution in [3.05, 3.63) is 28.8 Å². The van der Waals surface area contributed by atoms with Crippen LogP contribution in [0, 0.1) is 5.41 Å². The number of alkyl halides is 3. The number of carboxylic acids is 1. The molecular weight excluding hydrogens is 567 g/mol. The van der Waals surface area contributed by atoms with E-state index in [9.17, 15) is 37.8 Å². The maximum absolute atomic E-state index is 13.2. The van der Waals surface area contributed by atoms with Gasteiger partial charge in [0.2, 0.25) is 5.91 Å². The Labute approximate surface area is 243 Å². The maximum atomic E-state index is 13.2. The van der Waals surface area contributed by atoms with Crippen LogP contribution in [0.15, 0.2) is 18.2 Å². The van der Waals surface area contributed by atoms with Crippen LogP contribution in [0.1, 0.15) is 64.9 Å². The number of carbonyl (C=O) groups is 3. The van der Waals surface area contributed by atoms with Crippen molar-refractivity contribution < 1.29 is 42.5 Å². The second-order valence-corrected chi connectivity index (χ2v) is 12.2. The molecule has 0 aromatic heterocycles. The van der Waals surface area contributed by atoms with E-state index >= 15 is 0 Å². The van der Waals surface area contributed by atoms with Crippen LogP contribution in [0.3, 0.4) is 0 Å². The highest BCUT2D eigenvalue weighted by Gasteiger charge is 2.51. The summed E-state index contributed by atoms with van der Waals surface area (Å²) in [5.74, 6) is -1.86. The summed E-state index contributed by atoms with van der Waals surface area (Å²) in [6, 6.07) is 2.22. The monoisotopic (exact) mass is 605 g/mol. The number of likely N-dealkylation sites (tertiary alicyclic amines) is 1. The molecule has 1 aromatic rings. The molecule has 2 aliphatic rings. The zero-order chi connectivity index (χ0) is 30.6. The molecule has 3 N–H and O–H groups in total. The molecule has 1 saturated carbocycles. The van der Waals surface area contributed by atoms with Gasteiger partial charge in [0.05, 0.1) is 23.1 Å². The van der Waals surface area contributed by atoms with Gasteiger partial charge in [-0.25, -0.2) is 0 Å². The van der Waals surface area contributed by atoms with Gasteiger partial charge in [0.25, 0.3) is 0 Å². The number of halogens is 4. The molecule has 1 amide bonds. The molecule has 2 atom stereocenters. The number of aliphatic hydroxyl groups excluding tert-OH is 1. The van der Waals surface area contributed by atoms with E-state index in [4.69, 9.17) is 16.3 Å². The topological polar surface area (TPSA) is 119 Å². The highest BCUT2D eigenvalue weighted by molar-refractivity contribution is 6.31. The van der Waals surface area contributed by atoms with Crippen molar-refractivity contribution in [1.82, 2.24) is 10.2 Å². The molecule has 0 radical (unpaired) electrons. The lowest BCUT2D eigenvalue weighted by Gasteiger charge is -2.36. The van der Waals surface area contributed by atoms with Gasteiger partial charge in [-0.05, 0) is 70.1 Å². The predicted octanol–water partition coefficient (Wildman–Crippen LogP) is 4.09.